The minimum absolute atomic E-state index is 0.0378. The van der Waals surface area contributed by atoms with Gasteiger partial charge >= 0.3 is 5.97 Å². The summed E-state index contributed by atoms with van der Waals surface area (Å²) >= 11 is 0. The van der Waals surface area contributed by atoms with Crippen LogP contribution in [0.2, 0.25) is 0 Å². The Morgan fingerprint density at radius 2 is 1.62 bits per heavy atom. The van der Waals surface area contributed by atoms with Crippen molar-refractivity contribution in [3.8, 4) is 5.75 Å². The molecular formula is C21H19NO6S. The monoisotopic (exact) mass is 413 g/mol. The van der Waals surface area contributed by atoms with Gasteiger partial charge in [-0.1, -0.05) is 30.3 Å². The summed E-state index contributed by atoms with van der Waals surface area (Å²) in [5, 5.41) is 11.4. The van der Waals surface area contributed by atoms with Crippen LogP contribution in [0.25, 0.3) is 10.8 Å². The molecule has 7 nitrogen and oxygen atoms in total. The maximum Gasteiger partial charge on any atom is 0.338 e. The second-order valence-corrected chi connectivity index (χ2v) is 8.64. The van der Waals surface area contributed by atoms with Crippen molar-refractivity contribution in [3.05, 3.63) is 71.8 Å². The van der Waals surface area contributed by atoms with Gasteiger partial charge in [-0.25, -0.2) is 17.5 Å². The molecule has 0 amide bonds. The summed E-state index contributed by atoms with van der Waals surface area (Å²) in [4.78, 5) is 24.8. The average Bonchev–Trinajstić information content (AvgIpc) is 2.71. The first kappa shape index (κ1) is 20.5. The molecule has 0 saturated carbocycles. The van der Waals surface area contributed by atoms with E-state index in [0.29, 0.717) is 5.39 Å². The predicted molar refractivity (Wildman–Crippen MR) is 108 cm³/mol. The van der Waals surface area contributed by atoms with Crippen LogP contribution in [0.5, 0.6) is 5.75 Å². The smallest absolute Gasteiger partial charge is 0.338 e. The average molecular weight is 413 g/mol. The number of carbonyl (C=O) groups excluding carboxylic acids is 2. The molecule has 0 fully saturated rings. The van der Waals surface area contributed by atoms with E-state index in [2.05, 4.69) is 0 Å². The van der Waals surface area contributed by atoms with Crippen molar-refractivity contribution in [2.24, 2.45) is 0 Å². The number of Topliss-reactive ketones (excluding diaryl/α,β-unsaturated/α-hetero) is 1. The van der Waals surface area contributed by atoms with E-state index >= 15 is 0 Å². The molecule has 0 heterocycles. The topological polar surface area (TPSA) is 101 Å². The van der Waals surface area contributed by atoms with Crippen molar-refractivity contribution in [1.82, 2.24) is 4.31 Å². The Morgan fingerprint density at radius 1 is 0.966 bits per heavy atom. The van der Waals surface area contributed by atoms with Gasteiger partial charge in [-0.2, -0.15) is 0 Å². The molecule has 0 aliphatic heterocycles. The number of fused-ring (bicyclic) bond motifs is 1. The van der Waals surface area contributed by atoms with E-state index in [9.17, 15) is 23.1 Å². The molecule has 0 atom stereocenters. The number of carbonyl (C=O) groups is 2. The molecule has 29 heavy (non-hydrogen) atoms. The quantitative estimate of drug-likeness (QED) is 0.493. The second-order valence-electron chi connectivity index (χ2n) is 6.49. The molecule has 1 N–H and O–H groups in total. The minimum Gasteiger partial charge on any atom is -0.507 e. The standard InChI is InChI=1S/C21H19NO6S/c1-22(2)29(26,27)16-10-7-15(8-11-16)21(25)28-13-19(24)20-17-6-4-3-5-14(17)9-12-18(20)23/h3-12,23H,13H2,1-2H3. The Bertz CT molecular complexity index is 1180. The van der Waals surface area contributed by atoms with Crippen LogP contribution in [-0.2, 0) is 14.8 Å². The van der Waals surface area contributed by atoms with E-state index in [-0.39, 0.29) is 21.8 Å². The fourth-order valence-corrected chi connectivity index (χ4v) is 3.72. The van der Waals surface area contributed by atoms with Gasteiger partial charge in [0.25, 0.3) is 0 Å². The second kappa shape index (κ2) is 8.02. The van der Waals surface area contributed by atoms with Crippen molar-refractivity contribution in [2.45, 2.75) is 4.90 Å². The van der Waals surface area contributed by atoms with Gasteiger partial charge in [0, 0.05) is 14.1 Å². The van der Waals surface area contributed by atoms with Gasteiger partial charge in [-0.3, -0.25) is 4.79 Å². The summed E-state index contributed by atoms with van der Waals surface area (Å²) in [6, 6.07) is 15.4. The van der Waals surface area contributed by atoms with Gasteiger partial charge in [0.1, 0.15) is 5.75 Å². The molecule has 0 unspecified atom stereocenters. The highest BCUT2D eigenvalue weighted by atomic mass is 32.2. The first-order chi connectivity index (χ1) is 13.7. The number of benzene rings is 3. The number of hydrogen-bond acceptors (Lipinski definition) is 6. The van der Waals surface area contributed by atoms with Crippen LogP contribution in [0.15, 0.2) is 65.6 Å². The zero-order valence-electron chi connectivity index (χ0n) is 15.8. The van der Waals surface area contributed by atoms with Gasteiger partial charge in [0.05, 0.1) is 16.0 Å². The summed E-state index contributed by atoms with van der Waals surface area (Å²) in [6.45, 7) is -0.557. The Labute approximate surface area is 168 Å². The van der Waals surface area contributed by atoms with Crippen LogP contribution >= 0.6 is 0 Å². The van der Waals surface area contributed by atoms with E-state index in [1.54, 1.807) is 24.3 Å². The number of esters is 1. The molecule has 0 spiro atoms. The molecule has 0 aliphatic rings. The first-order valence-electron chi connectivity index (χ1n) is 8.65. The van der Waals surface area contributed by atoms with E-state index in [4.69, 9.17) is 4.74 Å². The van der Waals surface area contributed by atoms with Crippen molar-refractivity contribution in [2.75, 3.05) is 20.7 Å². The Hall–Kier alpha value is -3.23. The summed E-state index contributed by atoms with van der Waals surface area (Å²) in [7, 11) is -0.790. The highest BCUT2D eigenvalue weighted by molar-refractivity contribution is 7.89. The number of phenolic OH excluding ortho intramolecular Hbond substituents is 1. The largest absolute Gasteiger partial charge is 0.507 e. The van der Waals surface area contributed by atoms with E-state index in [1.807, 2.05) is 6.07 Å². The van der Waals surface area contributed by atoms with Crippen molar-refractivity contribution in [1.29, 1.82) is 0 Å². The van der Waals surface area contributed by atoms with Crippen LogP contribution in [0.4, 0.5) is 0 Å². The molecule has 0 saturated heterocycles. The zero-order chi connectivity index (χ0) is 21.2. The number of sulfonamides is 1. The lowest BCUT2D eigenvalue weighted by Crippen LogP contribution is -2.22. The summed E-state index contributed by atoms with van der Waals surface area (Å²) in [5.41, 5.74) is 0.195. The van der Waals surface area contributed by atoms with Gasteiger partial charge in [-0.15, -0.1) is 0 Å². The molecule has 3 aromatic carbocycles. The normalized spacial score (nSPS) is 11.6. The lowest BCUT2D eigenvalue weighted by atomic mass is 10.0. The number of nitrogens with zero attached hydrogens (tertiary/aromatic N) is 1. The molecule has 0 radical (unpaired) electrons. The highest BCUT2D eigenvalue weighted by Crippen LogP contribution is 2.27. The number of aromatic hydroxyl groups is 1. The Morgan fingerprint density at radius 3 is 2.28 bits per heavy atom. The fourth-order valence-electron chi connectivity index (χ4n) is 2.81. The summed E-state index contributed by atoms with van der Waals surface area (Å²) in [6.07, 6.45) is 0. The first-order valence-corrected chi connectivity index (χ1v) is 10.1. The maximum absolute atomic E-state index is 12.6. The van der Waals surface area contributed by atoms with Crippen LogP contribution < -0.4 is 0 Å². The Balaban J connectivity index is 1.75. The number of phenols is 1. The number of hydrogen-bond donors (Lipinski definition) is 1. The van der Waals surface area contributed by atoms with Crippen molar-refractivity contribution >= 4 is 32.5 Å². The third-order valence-electron chi connectivity index (χ3n) is 4.39. The Kier molecular flexibility index (Phi) is 5.67. The molecule has 0 bridgehead atoms. The number of rotatable bonds is 6. The van der Waals surface area contributed by atoms with Crippen molar-refractivity contribution in [3.63, 3.8) is 0 Å². The molecule has 8 heteroatoms. The highest BCUT2D eigenvalue weighted by Gasteiger charge is 2.20. The molecule has 3 aromatic rings. The van der Waals surface area contributed by atoms with Crippen LogP contribution in [0, 0.1) is 0 Å². The van der Waals surface area contributed by atoms with Crippen LogP contribution in [0.3, 0.4) is 0 Å². The van der Waals surface area contributed by atoms with E-state index in [1.165, 1.54) is 44.4 Å². The van der Waals surface area contributed by atoms with Gasteiger partial charge < -0.3 is 9.84 Å². The molecular weight excluding hydrogens is 394 g/mol. The minimum atomic E-state index is -3.61. The molecule has 0 aromatic heterocycles. The third kappa shape index (κ3) is 4.13. The fraction of sp³-hybridized carbons (Fsp3) is 0.143. The summed E-state index contributed by atoms with van der Waals surface area (Å²) in [5.74, 6) is -1.51. The maximum atomic E-state index is 12.6. The van der Waals surface area contributed by atoms with Crippen LogP contribution in [-0.4, -0.2) is 50.3 Å². The SMILES string of the molecule is CN(C)S(=O)(=O)c1ccc(C(=O)OCC(=O)c2c(O)ccc3ccccc23)cc1. The lowest BCUT2D eigenvalue weighted by Gasteiger charge is -2.12. The molecule has 150 valence electrons. The van der Waals surface area contributed by atoms with E-state index < -0.39 is 28.4 Å². The predicted octanol–water partition coefficient (Wildman–Crippen LogP) is 2.84. The lowest BCUT2D eigenvalue weighted by molar-refractivity contribution is 0.0474. The van der Waals surface area contributed by atoms with E-state index in [0.717, 1.165) is 9.69 Å². The molecule has 0 aliphatic carbocycles. The number of ether oxygens (including phenoxy) is 1. The third-order valence-corrected chi connectivity index (χ3v) is 6.22. The number of ketones is 1. The zero-order valence-corrected chi connectivity index (χ0v) is 16.6. The van der Waals surface area contributed by atoms with Gasteiger partial charge in [0.15, 0.2) is 6.61 Å². The molecule has 3 rings (SSSR count). The summed E-state index contributed by atoms with van der Waals surface area (Å²) < 4.78 is 30.3. The van der Waals surface area contributed by atoms with Gasteiger partial charge in [-0.05, 0) is 41.1 Å². The van der Waals surface area contributed by atoms with Crippen LogP contribution in [0.1, 0.15) is 20.7 Å². The van der Waals surface area contributed by atoms with Gasteiger partial charge in [0.2, 0.25) is 15.8 Å². The van der Waals surface area contributed by atoms with Crippen molar-refractivity contribution < 1.29 is 27.9 Å².